The van der Waals surface area contributed by atoms with Gasteiger partial charge in [-0.05, 0) is 28.8 Å². The van der Waals surface area contributed by atoms with Crippen LogP contribution in [0.5, 0.6) is 0 Å². The van der Waals surface area contributed by atoms with Gasteiger partial charge < -0.3 is 9.84 Å². The zero-order valence-electron chi connectivity index (χ0n) is 12.3. The second-order valence-corrected chi connectivity index (χ2v) is 5.62. The highest BCUT2D eigenvalue weighted by Crippen LogP contribution is 2.19. The fraction of sp³-hybridized carbons (Fsp3) is 0.294. The Kier molecular flexibility index (Phi) is 3.86. The van der Waals surface area contributed by atoms with Crippen LogP contribution >= 0.6 is 0 Å². The summed E-state index contributed by atoms with van der Waals surface area (Å²) in [5, 5.41) is 9.77. The van der Waals surface area contributed by atoms with E-state index >= 15 is 0 Å². The van der Waals surface area contributed by atoms with Gasteiger partial charge in [0.15, 0.2) is 5.82 Å². The zero-order valence-corrected chi connectivity index (χ0v) is 12.3. The summed E-state index contributed by atoms with van der Waals surface area (Å²) in [5.74, 6) is 1.93. The van der Waals surface area contributed by atoms with Crippen LogP contribution in [0.25, 0.3) is 10.8 Å². The van der Waals surface area contributed by atoms with Crippen molar-refractivity contribution >= 4 is 16.5 Å². The van der Waals surface area contributed by atoms with Crippen LogP contribution in [0.1, 0.15) is 25.6 Å². The molecule has 4 heteroatoms. The highest BCUT2D eigenvalue weighted by Gasteiger charge is 2.07. The van der Waals surface area contributed by atoms with Crippen LogP contribution in [0.3, 0.4) is 0 Å². The first-order valence-corrected chi connectivity index (χ1v) is 7.25. The van der Waals surface area contributed by atoms with E-state index in [9.17, 15) is 0 Å². The zero-order chi connectivity index (χ0) is 14.7. The largest absolute Gasteiger partial charge is 0.376 e. The Morgan fingerprint density at radius 1 is 1.10 bits per heavy atom. The van der Waals surface area contributed by atoms with E-state index in [-0.39, 0.29) is 0 Å². The van der Waals surface area contributed by atoms with Crippen molar-refractivity contribution in [2.24, 2.45) is 5.92 Å². The Labute approximate surface area is 124 Å². The highest BCUT2D eigenvalue weighted by molar-refractivity contribution is 5.85. The molecule has 3 aromatic rings. The molecule has 0 amide bonds. The van der Waals surface area contributed by atoms with Crippen molar-refractivity contribution in [3.8, 4) is 0 Å². The Bertz CT molecular complexity index is 733. The van der Waals surface area contributed by atoms with Crippen molar-refractivity contribution in [3.05, 3.63) is 54.2 Å². The minimum absolute atomic E-state index is 0.531. The van der Waals surface area contributed by atoms with Crippen molar-refractivity contribution in [2.45, 2.75) is 26.8 Å². The lowest BCUT2D eigenvalue weighted by molar-refractivity contribution is 0.375. The van der Waals surface area contributed by atoms with Gasteiger partial charge in [-0.1, -0.05) is 49.3 Å². The van der Waals surface area contributed by atoms with Gasteiger partial charge in [-0.2, -0.15) is 4.98 Å². The molecule has 0 aliphatic carbocycles. The Morgan fingerprint density at radius 3 is 2.71 bits per heavy atom. The lowest BCUT2D eigenvalue weighted by Crippen LogP contribution is -2.01. The van der Waals surface area contributed by atoms with E-state index < -0.39 is 0 Å². The lowest BCUT2D eigenvalue weighted by Gasteiger charge is -2.05. The maximum atomic E-state index is 5.25. The number of hydrogen-bond donors (Lipinski definition) is 1. The number of fused-ring (bicyclic) bond motifs is 1. The van der Waals surface area contributed by atoms with Crippen LogP contribution in [0.4, 0.5) is 5.69 Å². The fourth-order valence-corrected chi connectivity index (χ4v) is 2.29. The summed E-state index contributed by atoms with van der Waals surface area (Å²) in [5.41, 5.74) is 1.05. The van der Waals surface area contributed by atoms with Gasteiger partial charge in [0.2, 0.25) is 5.89 Å². The molecule has 0 aliphatic heterocycles. The molecule has 3 rings (SSSR count). The molecular weight excluding hydrogens is 262 g/mol. The molecule has 0 saturated carbocycles. The molecule has 21 heavy (non-hydrogen) atoms. The molecule has 0 fully saturated rings. The van der Waals surface area contributed by atoms with Crippen LogP contribution in [0.2, 0.25) is 0 Å². The van der Waals surface area contributed by atoms with Crippen molar-refractivity contribution in [2.75, 3.05) is 5.32 Å². The average molecular weight is 281 g/mol. The molecule has 0 radical (unpaired) electrons. The van der Waals surface area contributed by atoms with Crippen molar-refractivity contribution in [1.29, 1.82) is 0 Å². The summed E-state index contributed by atoms with van der Waals surface area (Å²) < 4.78 is 5.25. The normalized spacial score (nSPS) is 11.2. The average Bonchev–Trinajstić information content (AvgIpc) is 2.91. The SMILES string of the molecule is CC(C)Cc1noc(CNc2ccc3ccccc3c2)n1. The van der Waals surface area contributed by atoms with Gasteiger partial charge in [-0.25, -0.2) is 0 Å². The maximum Gasteiger partial charge on any atom is 0.245 e. The van der Waals surface area contributed by atoms with Crippen LogP contribution in [-0.2, 0) is 13.0 Å². The Morgan fingerprint density at radius 2 is 1.90 bits per heavy atom. The van der Waals surface area contributed by atoms with E-state index in [0.717, 1.165) is 17.9 Å². The number of hydrogen-bond acceptors (Lipinski definition) is 4. The first-order chi connectivity index (χ1) is 10.2. The second kappa shape index (κ2) is 5.95. The van der Waals surface area contributed by atoms with Gasteiger partial charge in [-0.15, -0.1) is 0 Å². The first-order valence-electron chi connectivity index (χ1n) is 7.25. The van der Waals surface area contributed by atoms with Crippen LogP contribution in [0, 0.1) is 5.92 Å². The predicted molar refractivity (Wildman–Crippen MR) is 84.1 cm³/mol. The Hall–Kier alpha value is -2.36. The first kappa shape index (κ1) is 13.6. The van der Waals surface area contributed by atoms with Crippen LogP contribution < -0.4 is 5.32 Å². The van der Waals surface area contributed by atoms with Gasteiger partial charge in [0.1, 0.15) is 0 Å². The number of anilines is 1. The van der Waals surface area contributed by atoms with Crippen LogP contribution in [-0.4, -0.2) is 10.1 Å². The Balaban J connectivity index is 1.67. The number of nitrogens with zero attached hydrogens (tertiary/aromatic N) is 2. The van der Waals surface area contributed by atoms with Gasteiger partial charge in [0.05, 0.1) is 6.54 Å². The number of benzene rings is 2. The van der Waals surface area contributed by atoms with E-state index in [1.54, 1.807) is 0 Å². The summed E-state index contributed by atoms with van der Waals surface area (Å²) >= 11 is 0. The third-order valence-corrected chi connectivity index (χ3v) is 3.29. The molecule has 1 aromatic heterocycles. The molecule has 0 bridgehead atoms. The van der Waals surface area contributed by atoms with Gasteiger partial charge >= 0.3 is 0 Å². The second-order valence-electron chi connectivity index (χ2n) is 5.62. The number of nitrogens with one attached hydrogen (secondary N) is 1. The predicted octanol–water partition coefficient (Wildman–Crippen LogP) is 4.03. The molecule has 1 heterocycles. The molecule has 0 unspecified atom stereocenters. The molecule has 4 nitrogen and oxygen atoms in total. The summed E-state index contributed by atoms with van der Waals surface area (Å²) in [6, 6.07) is 14.6. The minimum Gasteiger partial charge on any atom is -0.376 e. The number of rotatable bonds is 5. The van der Waals surface area contributed by atoms with Crippen molar-refractivity contribution < 1.29 is 4.52 Å². The monoisotopic (exact) mass is 281 g/mol. The third kappa shape index (κ3) is 3.40. The number of aromatic nitrogens is 2. The standard InChI is InChI=1S/C17H19N3O/c1-12(2)9-16-19-17(21-20-16)11-18-15-8-7-13-5-3-4-6-14(13)10-15/h3-8,10,12,18H,9,11H2,1-2H3. The molecule has 0 atom stereocenters. The summed E-state index contributed by atoms with van der Waals surface area (Å²) in [4.78, 5) is 4.39. The summed E-state index contributed by atoms with van der Waals surface area (Å²) in [6.45, 7) is 4.83. The van der Waals surface area contributed by atoms with E-state index in [4.69, 9.17) is 4.52 Å². The molecule has 0 saturated heterocycles. The van der Waals surface area contributed by atoms with E-state index in [2.05, 4.69) is 59.6 Å². The van der Waals surface area contributed by atoms with Crippen molar-refractivity contribution in [3.63, 3.8) is 0 Å². The smallest absolute Gasteiger partial charge is 0.245 e. The molecule has 108 valence electrons. The lowest BCUT2D eigenvalue weighted by atomic mass is 10.1. The van der Waals surface area contributed by atoms with Crippen molar-refractivity contribution in [1.82, 2.24) is 10.1 Å². The third-order valence-electron chi connectivity index (χ3n) is 3.29. The summed E-state index contributed by atoms with van der Waals surface area (Å²) in [6.07, 6.45) is 0.847. The fourth-order valence-electron chi connectivity index (χ4n) is 2.29. The highest BCUT2D eigenvalue weighted by atomic mass is 16.5. The van der Waals surface area contributed by atoms with Gasteiger partial charge in [0.25, 0.3) is 0 Å². The van der Waals surface area contributed by atoms with Gasteiger partial charge in [-0.3, -0.25) is 0 Å². The van der Waals surface area contributed by atoms with E-state index in [1.165, 1.54) is 10.8 Å². The van der Waals surface area contributed by atoms with E-state index in [1.807, 2.05) is 12.1 Å². The molecule has 2 aromatic carbocycles. The molecule has 0 spiro atoms. The van der Waals surface area contributed by atoms with E-state index in [0.29, 0.717) is 18.4 Å². The molecule has 1 N–H and O–H groups in total. The quantitative estimate of drug-likeness (QED) is 0.767. The molecular formula is C17H19N3O. The topological polar surface area (TPSA) is 51.0 Å². The van der Waals surface area contributed by atoms with Gasteiger partial charge in [0, 0.05) is 12.1 Å². The van der Waals surface area contributed by atoms with Crippen LogP contribution in [0.15, 0.2) is 47.0 Å². The summed E-state index contributed by atoms with van der Waals surface area (Å²) in [7, 11) is 0. The minimum atomic E-state index is 0.531. The maximum absolute atomic E-state index is 5.25. The molecule has 0 aliphatic rings.